The standard InChI is InChI=1S/C10H10FN3O2/c11-9-6-8(14(15)16)5-7(10(9)13)3-1-2-4-12/h5-6H,2,4,12-13H2. The molecule has 0 saturated carbocycles. The number of rotatable bonds is 2. The van der Waals surface area contributed by atoms with Crippen molar-refractivity contribution in [1.82, 2.24) is 0 Å². The van der Waals surface area contributed by atoms with Crippen molar-refractivity contribution < 1.29 is 9.31 Å². The molecule has 0 aliphatic heterocycles. The average molecular weight is 223 g/mol. The number of nitrogens with two attached hydrogens (primary N) is 2. The molecule has 0 atom stereocenters. The van der Waals surface area contributed by atoms with Crippen molar-refractivity contribution in [3.8, 4) is 11.8 Å². The van der Waals surface area contributed by atoms with Crippen molar-refractivity contribution in [1.29, 1.82) is 0 Å². The highest BCUT2D eigenvalue weighted by Crippen LogP contribution is 2.22. The van der Waals surface area contributed by atoms with Crippen LogP contribution >= 0.6 is 0 Å². The molecular weight excluding hydrogens is 213 g/mol. The lowest BCUT2D eigenvalue weighted by Gasteiger charge is -2.00. The molecule has 4 N–H and O–H groups in total. The predicted molar refractivity (Wildman–Crippen MR) is 58.0 cm³/mol. The van der Waals surface area contributed by atoms with Crippen LogP contribution in [0.4, 0.5) is 15.8 Å². The van der Waals surface area contributed by atoms with Crippen LogP contribution in [0.15, 0.2) is 12.1 Å². The molecule has 6 heteroatoms. The fraction of sp³-hybridized carbons (Fsp3) is 0.200. The molecule has 0 aliphatic carbocycles. The highest BCUT2D eigenvalue weighted by molar-refractivity contribution is 5.61. The van der Waals surface area contributed by atoms with Crippen molar-refractivity contribution >= 4 is 11.4 Å². The molecule has 0 aromatic heterocycles. The van der Waals surface area contributed by atoms with E-state index < -0.39 is 10.7 Å². The third-order valence-electron chi connectivity index (χ3n) is 1.82. The minimum Gasteiger partial charge on any atom is -0.395 e. The predicted octanol–water partition coefficient (Wildman–Crippen LogP) is 1.02. The molecule has 5 nitrogen and oxygen atoms in total. The van der Waals surface area contributed by atoms with E-state index in [0.717, 1.165) is 12.1 Å². The monoisotopic (exact) mass is 223 g/mol. The Morgan fingerprint density at radius 2 is 2.19 bits per heavy atom. The van der Waals surface area contributed by atoms with Crippen LogP contribution in [0, 0.1) is 27.8 Å². The summed E-state index contributed by atoms with van der Waals surface area (Å²) in [6.45, 7) is 0.365. The second-order valence-electron chi connectivity index (χ2n) is 2.99. The van der Waals surface area contributed by atoms with E-state index in [1.54, 1.807) is 0 Å². The van der Waals surface area contributed by atoms with Crippen LogP contribution in [0.5, 0.6) is 0 Å². The van der Waals surface area contributed by atoms with Crippen LogP contribution in [-0.2, 0) is 0 Å². The zero-order chi connectivity index (χ0) is 12.1. The SMILES string of the molecule is NCCC#Cc1cc([N+](=O)[O-])cc(F)c1N. The topological polar surface area (TPSA) is 95.2 Å². The van der Waals surface area contributed by atoms with Crippen LogP contribution in [0.3, 0.4) is 0 Å². The Balaban J connectivity index is 3.18. The maximum Gasteiger partial charge on any atom is 0.273 e. The highest BCUT2D eigenvalue weighted by Gasteiger charge is 2.13. The number of benzene rings is 1. The van der Waals surface area contributed by atoms with Gasteiger partial charge in [0.2, 0.25) is 0 Å². The molecule has 0 fully saturated rings. The summed E-state index contributed by atoms with van der Waals surface area (Å²) < 4.78 is 13.2. The van der Waals surface area contributed by atoms with Crippen LogP contribution in [0.2, 0.25) is 0 Å². The quantitative estimate of drug-likeness (QED) is 0.338. The number of halogens is 1. The molecule has 0 spiro atoms. The fourth-order valence-electron chi connectivity index (χ4n) is 1.04. The van der Waals surface area contributed by atoms with Gasteiger partial charge in [0.05, 0.1) is 22.2 Å². The molecule has 0 bridgehead atoms. The molecule has 0 saturated heterocycles. The number of nitrogen functional groups attached to an aromatic ring is 1. The number of nitrogens with zero attached hydrogens (tertiary/aromatic N) is 1. The average Bonchev–Trinajstić information content (AvgIpc) is 2.24. The molecule has 1 aromatic rings. The minimum atomic E-state index is -0.841. The Bertz CT molecular complexity index is 477. The van der Waals surface area contributed by atoms with E-state index >= 15 is 0 Å². The van der Waals surface area contributed by atoms with Crippen molar-refractivity contribution in [2.24, 2.45) is 5.73 Å². The summed E-state index contributed by atoms with van der Waals surface area (Å²) in [5.74, 6) is 4.35. The fourth-order valence-corrected chi connectivity index (χ4v) is 1.04. The lowest BCUT2D eigenvalue weighted by atomic mass is 10.1. The van der Waals surface area contributed by atoms with Crippen molar-refractivity contribution in [2.75, 3.05) is 12.3 Å². The number of hydrogen-bond acceptors (Lipinski definition) is 4. The maximum atomic E-state index is 13.2. The number of anilines is 1. The lowest BCUT2D eigenvalue weighted by Crippen LogP contribution is -1.99. The molecule has 0 unspecified atom stereocenters. The first-order valence-corrected chi connectivity index (χ1v) is 4.48. The van der Waals surface area contributed by atoms with Gasteiger partial charge in [-0.1, -0.05) is 11.8 Å². The summed E-state index contributed by atoms with van der Waals surface area (Å²) in [7, 11) is 0. The molecule has 0 aliphatic rings. The van der Waals surface area contributed by atoms with Gasteiger partial charge in [-0.05, 0) is 0 Å². The van der Waals surface area contributed by atoms with E-state index in [1.165, 1.54) is 0 Å². The summed E-state index contributed by atoms with van der Waals surface area (Å²) >= 11 is 0. The third kappa shape index (κ3) is 2.68. The van der Waals surface area contributed by atoms with E-state index in [2.05, 4.69) is 11.8 Å². The highest BCUT2D eigenvalue weighted by atomic mass is 19.1. The van der Waals surface area contributed by atoms with Gasteiger partial charge >= 0.3 is 0 Å². The second-order valence-corrected chi connectivity index (χ2v) is 2.99. The van der Waals surface area contributed by atoms with Crippen LogP contribution in [-0.4, -0.2) is 11.5 Å². The molecule has 84 valence electrons. The maximum absolute atomic E-state index is 13.2. The molecule has 0 radical (unpaired) electrons. The zero-order valence-corrected chi connectivity index (χ0v) is 8.37. The normalized spacial score (nSPS) is 9.38. The Morgan fingerprint density at radius 3 is 2.75 bits per heavy atom. The largest absolute Gasteiger partial charge is 0.395 e. The first-order valence-electron chi connectivity index (χ1n) is 4.48. The molecule has 0 heterocycles. The van der Waals surface area contributed by atoms with Gasteiger partial charge < -0.3 is 11.5 Å². The Hall–Kier alpha value is -2.13. The van der Waals surface area contributed by atoms with E-state index in [9.17, 15) is 14.5 Å². The van der Waals surface area contributed by atoms with Gasteiger partial charge in [-0.3, -0.25) is 10.1 Å². The Kier molecular flexibility index (Phi) is 3.80. The molecule has 16 heavy (non-hydrogen) atoms. The van der Waals surface area contributed by atoms with Crippen molar-refractivity contribution in [2.45, 2.75) is 6.42 Å². The Labute approximate surface area is 91.4 Å². The van der Waals surface area contributed by atoms with Gasteiger partial charge in [0, 0.05) is 19.0 Å². The Morgan fingerprint density at radius 1 is 1.50 bits per heavy atom. The van der Waals surface area contributed by atoms with E-state index in [0.29, 0.717) is 13.0 Å². The number of nitro groups is 1. The molecule has 1 aromatic carbocycles. The lowest BCUT2D eigenvalue weighted by molar-refractivity contribution is -0.385. The van der Waals surface area contributed by atoms with Crippen LogP contribution in [0.25, 0.3) is 0 Å². The van der Waals surface area contributed by atoms with Gasteiger partial charge in [0.1, 0.15) is 0 Å². The second kappa shape index (κ2) is 5.09. The summed E-state index contributed by atoms with van der Waals surface area (Å²) in [4.78, 5) is 9.78. The number of hydrogen-bond donors (Lipinski definition) is 2. The molecule has 0 amide bonds. The summed E-state index contributed by atoms with van der Waals surface area (Å²) in [6, 6.07) is 1.91. The smallest absolute Gasteiger partial charge is 0.273 e. The van der Waals surface area contributed by atoms with E-state index in [4.69, 9.17) is 11.5 Å². The van der Waals surface area contributed by atoms with E-state index in [1.807, 2.05) is 0 Å². The van der Waals surface area contributed by atoms with Gasteiger partial charge in [0.25, 0.3) is 5.69 Å². The van der Waals surface area contributed by atoms with Gasteiger partial charge in [-0.15, -0.1) is 0 Å². The first-order chi connectivity index (χ1) is 7.56. The summed E-state index contributed by atoms with van der Waals surface area (Å²) in [5, 5.41) is 10.5. The van der Waals surface area contributed by atoms with Gasteiger partial charge in [-0.25, -0.2) is 4.39 Å². The minimum absolute atomic E-state index is 0.111. The zero-order valence-electron chi connectivity index (χ0n) is 8.37. The summed E-state index contributed by atoms with van der Waals surface area (Å²) in [6.07, 6.45) is 0.420. The summed E-state index contributed by atoms with van der Waals surface area (Å²) in [5.41, 5.74) is 10.2. The van der Waals surface area contributed by atoms with Crippen LogP contribution in [0.1, 0.15) is 12.0 Å². The van der Waals surface area contributed by atoms with Crippen LogP contribution < -0.4 is 11.5 Å². The molecule has 1 rings (SSSR count). The van der Waals surface area contributed by atoms with Crippen molar-refractivity contribution in [3.63, 3.8) is 0 Å². The van der Waals surface area contributed by atoms with Crippen molar-refractivity contribution in [3.05, 3.63) is 33.6 Å². The first kappa shape index (κ1) is 11.9. The molecular formula is C10H10FN3O2. The number of nitro benzene ring substituents is 1. The third-order valence-corrected chi connectivity index (χ3v) is 1.82. The number of non-ortho nitro benzene ring substituents is 1. The van der Waals surface area contributed by atoms with Gasteiger partial charge in [0.15, 0.2) is 5.82 Å². The van der Waals surface area contributed by atoms with E-state index in [-0.39, 0.29) is 16.9 Å². The van der Waals surface area contributed by atoms with Gasteiger partial charge in [-0.2, -0.15) is 0 Å².